The van der Waals surface area contributed by atoms with Crippen molar-refractivity contribution in [3.8, 4) is 0 Å². The molecule has 0 aromatic rings. The Bertz CT molecular complexity index is 386. The number of carbonyl (C=O) groups excluding carboxylic acids is 2. The first kappa shape index (κ1) is 16.7. The van der Waals surface area contributed by atoms with Crippen molar-refractivity contribution in [2.75, 3.05) is 13.2 Å². The van der Waals surface area contributed by atoms with Crippen molar-refractivity contribution in [3.05, 3.63) is 12.2 Å². The van der Waals surface area contributed by atoms with E-state index < -0.39 is 23.6 Å². The Morgan fingerprint density at radius 3 is 2.60 bits per heavy atom. The van der Waals surface area contributed by atoms with Gasteiger partial charge in [0, 0.05) is 12.7 Å². The molecule has 0 N–H and O–H groups in total. The van der Waals surface area contributed by atoms with Gasteiger partial charge in [0.05, 0.1) is 12.6 Å². The summed E-state index contributed by atoms with van der Waals surface area (Å²) in [7, 11) is 0. The van der Waals surface area contributed by atoms with Crippen LogP contribution in [-0.4, -0.2) is 48.0 Å². The van der Waals surface area contributed by atoms with E-state index in [1.165, 1.54) is 6.08 Å². The third kappa shape index (κ3) is 4.94. The topological polar surface area (TPSA) is 65.1 Å². The molecule has 1 rings (SSSR count). The minimum atomic E-state index is -0.662. The molecule has 0 fully saturated rings. The van der Waals surface area contributed by atoms with E-state index in [9.17, 15) is 9.59 Å². The summed E-state index contributed by atoms with van der Waals surface area (Å²) in [6, 6.07) is -0.458. The van der Waals surface area contributed by atoms with E-state index in [4.69, 9.17) is 14.2 Å². The van der Waals surface area contributed by atoms with Crippen LogP contribution in [0.2, 0.25) is 0 Å². The van der Waals surface area contributed by atoms with E-state index in [0.29, 0.717) is 6.61 Å². The van der Waals surface area contributed by atoms with Crippen LogP contribution in [0.3, 0.4) is 0 Å². The Hall–Kier alpha value is -1.40. The molecule has 2 atom stereocenters. The average molecular weight is 285 g/mol. The second-order valence-electron chi connectivity index (χ2n) is 5.47. The Morgan fingerprint density at radius 1 is 1.40 bits per heavy atom. The zero-order valence-corrected chi connectivity index (χ0v) is 12.7. The van der Waals surface area contributed by atoms with Gasteiger partial charge in [-0.05, 0) is 34.6 Å². The molecule has 0 bridgehead atoms. The molecule has 0 aromatic carbocycles. The summed E-state index contributed by atoms with van der Waals surface area (Å²) in [4.78, 5) is 24.8. The van der Waals surface area contributed by atoms with Gasteiger partial charge < -0.3 is 14.2 Å². The van der Waals surface area contributed by atoms with Crippen LogP contribution in [0.25, 0.3) is 0 Å². The van der Waals surface area contributed by atoms with Gasteiger partial charge in [-0.3, -0.25) is 4.79 Å². The van der Waals surface area contributed by atoms with E-state index in [1.807, 2.05) is 6.92 Å². The quantitative estimate of drug-likeness (QED) is 0.724. The summed E-state index contributed by atoms with van der Waals surface area (Å²) in [5.74, 6) is -0.392. The highest BCUT2D eigenvalue weighted by Gasteiger charge is 2.35. The molecule has 1 heterocycles. The third-order valence-corrected chi connectivity index (χ3v) is 2.52. The van der Waals surface area contributed by atoms with Crippen molar-refractivity contribution in [1.82, 2.24) is 4.90 Å². The number of rotatable bonds is 5. The first-order valence-electron chi connectivity index (χ1n) is 6.72. The number of hydrogen-bond donors (Lipinski definition) is 0. The normalized spacial score (nSPS) is 20.4. The Labute approximate surface area is 119 Å². The SMILES string of the molecule is CCOC(C)OC[C@@H]1C=CC(=O)N1C(=O)OC(C)(C)C. The minimum absolute atomic E-state index is 0.183. The fraction of sp³-hybridized carbons (Fsp3) is 0.714. The number of ether oxygens (including phenoxy) is 3. The Balaban J connectivity index is 2.59. The Morgan fingerprint density at radius 2 is 2.05 bits per heavy atom. The number of imide groups is 1. The van der Waals surface area contributed by atoms with Gasteiger partial charge in [-0.15, -0.1) is 0 Å². The van der Waals surface area contributed by atoms with Gasteiger partial charge in [0.2, 0.25) is 0 Å². The van der Waals surface area contributed by atoms with Crippen molar-refractivity contribution >= 4 is 12.0 Å². The molecule has 0 aliphatic carbocycles. The lowest BCUT2D eigenvalue weighted by molar-refractivity contribution is -0.141. The highest BCUT2D eigenvalue weighted by atomic mass is 16.7. The fourth-order valence-electron chi connectivity index (χ4n) is 1.71. The molecule has 0 saturated heterocycles. The summed E-state index contributed by atoms with van der Waals surface area (Å²) >= 11 is 0. The van der Waals surface area contributed by atoms with E-state index in [-0.39, 0.29) is 12.9 Å². The number of hydrogen-bond acceptors (Lipinski definition) is 5. The zero-order chi connectivity index (χ0) is 15.3. The number of amides is 2. The molecule has 0 aromatic heterocycles. The summed E-state index contributed by atoms with van der Waals surface area (Å²) in [6.07, 6.45) is 1.93. The summed E-state index contributed by atoms with van der Waals surface area (Å²) in [6.45, 7) is 9.61. The molecule has 0 spiro atoms. The lowest BCUT2D eigenvalue weighted by Gasteiger charge is -2.27. The molecule has 1 unspecified atom stereocenters. The first-order chi connectivity index (χ1) is 9.24. The van der Waals surface area contributed by atoms with Crippen molar-refractivity contribution in [2.24, 2.45) is 0 Å². The van der Waals surface area contributed by atoms with Crippen LogP contribution in [0, 0.1) is 0 Å². The maximum Gasteiger partial charge on any atom is 0.417 e. The molecular weight excluding hydrogens is 262 g/mol. The lowest BCUT2D eigenvalue weighted by Crippen LogP contribution is -2.45. The van der Waals surface area contributed by atoms with Gasteiger partial charge in [0.15, 0.2) is 6.29 Å². The second kappa shape index (κ2) is 6.85. The van der Waals surface area contributed by atoms with Crippen molar-refractivity contribution in [1.29, 1.82) is 0 Å². The molecular formula is C14H23NO5. The van der Waals surface area contributed by atoms with Crippen LogP contribution >= 0.6 is 0 Å². The number of nitrogens with zero attached hydrogens (tertiary/aromatic N) is 1. The van der Waals surface area contributed by atoms with Crippen LogP contribution in [0.5, 0.6) is 0 Å². The zero-order valence-electron chi connectivity index (χ0n) is 12.7. The molecule has 1 aliphatic heterocycles. The van der Waals surface area contributed by atoms with Gasteiger partial charge >= 0.3 is 6.09 Å². The highest BCUT2D eigenvalue weighted by molar-refractivity contribution is 6.01. The standard InChI is InChI=1S/C14H23NO5/c1-6-18-10(2)19-9-11-7-8-12(16)15(11)13(17)20-14(3,4)5/h7-8,10-11H,6,9H2,1-5H3/t10?,11-/m0/s1. The van der Waals surface area contributed by atoms with Crippen LogP contribution in [0.4, 0.5) is 4.79 Å². The van der Waals surface area contributed by atoms with Gasteiger partial charge in [-0.1, -0.05) is 6.08 Å². The fourth-order valence-corrected chi connectivity index (χ4v) is 1.71. The lowest BCUT2D eigenvalue weighted by atomic mass is 10.2. The highest BCUT2D eigenvalue weighted by Crippen LogP contribution is 2.17. The van der Waals surface area contributed by atoms with Gasteiger partial charge in [-0.2, -0.15) is 0 Å². The molecule has 2 amide bonds. The van der Waals surface area contributed by atoms with Crippen LogP contribution < -0.4 is 0 Å². The predicted molar refractivity (Wildman–Crippen MR) is 73.0 cm³/mol. The van der Waals surface area contributed by atoms with Gasteiger partial charge in [-0.25, -0.2) is 9.69 Å². The first-order valence-corrected chi connectivity index (χ1v) is 6.72. The third-order valence-electron chi connectivity index (χ3n) is 2.52. The molecule has 0 radical (unpaired) electrons. The van der Waals surface area contributed by atoms with E-state index in [0.717, 1.165) is 4.90 Å². The summed E-state index contributed by atoms with van der Waals surface area (Å²) in [5, 5.41) is 0. The predicted octanol–water partition coefficient (Wildman–Crippen LogP) is 2.09. The average Bonchev–Trinajstić information content (AvgIpc) is 2.66. The summed E-state index contributed by atoms with van der Waals surface area (Å²) < 4.78 is 15.9. The van der Waals surface area contributed by atoms with Gasteiger partial charge in [0.1, 0.15) is 5.60 Å². The molecule has 1 aliphatic rings. The maximum atomic E-state index is 12.0. The van der Waals surface area contributed by atoms with Crippen LogP contribution in [-0.2, 0) is 19.0 Å². The maximum absolute atomic E-state index is 12.0. The largest absolute Gasteiger partial charge is 0.443 e. The second-order valence-corrected chi connectivity index (χ2v) is 5.47. The molecule has 20 heavy (non-hydrogen) atoms. The van der Waals surface area contributed by atoms with Crippen LogP contribution in [0.15, 0.2) is 12.2 Å². The van der Waals surface area contributed by atoms with Crippen molar-refractivity contribution < 1.29 is 23.8 Å². The molecule has 114 valence electrons. The monoisotopic (exact) mass is 285 g/mol. The number of carbonyl (C=O) groups is 2. The van der Waals surface area contributed by atoms with Gasteiger partial charge in [0.25, 0.3) is 5.91 Å². The Kier molecular flexibility index (Phi) is 5.71. The minimum Gasteiger partial charge on any atom is -0.443 e. The molecule has 0 saturated carbocycles. The molecule has 6 heteroatoms. The molecule has 6 nitrogen and oxygen atoms in total. The van der Waals surface area contributed by atoms with E-state index in [1.54, 1.807) is 33.8 Å². The smallest absolute Gasteiger partial charge is 0.417 e. The van der Waals surface area contributed by atoms with E-state index >= 15 is 0 Å². The van der Waals surface area contributed by atoms with Crippen LogP contribution in [0.1, 0.15) is 34.6 Å². The van der Waals surface area contributed by atoms with Crippen molar-refractivity contribution in [3.63, 3.8) is 0 Å². The van der Waals surface area contributed by atoms with Crippen molar-refractivity contribution in [2.45, 2.75) is 52.6 Å². The summed E-state index contributed by atoms with van der Waals surface area (Å²) in [5.41, 5.74) is -0.649. The van der Waals surface area contributed by atoms with E-state index in [2.05, 4.69) is 0 Å².